The molecule has 0 aliphatic heterocycles. The Morgan fingerprint density at radius 2 is 1.69 bits per heavy atom. The summed E-state index contributed by atoms with van der Waals surface area (Å²) in [7, 11) is 0. The molecule has 0 saturated heterocycles. The second-order valence-electron chi connectivity index (χ2n) is 2.84. The van der Waals surface area contributed by atoms with Crippen LogP contribution in [0.4, 0.5) is 0 Å². The molecule has 13 heavy (non-hydrogen) atoms. The van der Waals surface area contributed by atoms with Gasteiger partial charge in [-0.15, -0.1) is 0 Å². The maximum absolute atomic E-state index is 9.37. The number of hydrogen-bond acceptors (Lipinski definition) is 3. The van der Waals surface area contributed by atoms with Gasteiger partial charge in [0.05, 0.1) is 12.2 Å². The molecule has 0 aliphatic rings. The van der Waals surface area contributed by atoms with Crippen LogP contribution in [-0.4, -0.2) is 33.5 Å². The van der Waals surface area contributed by atoms with Crippen molar-refractivity contribution in [2.45, 2.75) is 52.2 Å². The van der Waals surface area contributed by atoms with Gasteiger partial charge in [-0.05, 0) is 13.3 Å². The van der Waals surface area contributed by atoms with Gasteiger partial charge in [0.2, 0.25) is 0 Å². The topological polar surface area (TPSA) is 77.8 Å². The molecule has 0 bridgehead atoms. The Balaban J connectivity index is 0. The monoisotopic (exact) mass is 192 g/mol. The Labute approximate surface area is 79.2 Å². The van der Waals surface area contributed by atoms with Gasteiger partial charge in [-0.1, -0.05) is 20.3 Å². The van der Waals surface area contributed by atoms with E-state index in [1.54, 1.807) is 13.8 Å². The molecule has 0 amide bonds. The van der Waals surface area contributed by atoms with Crippen molar-refractivity contribution < 1.29 is 20.1 Å². The van der Waals surface area contributed by atoms with Crippen molar-refractivity contribution in [1.29, 1.82) is 0 Å². The second kappa shape index (κ2) is 9.48. The van der Waals surface area contributed by atoms with Gasteiger partial charge in [0.15, 0.2) is 0 Å². The van der Waals surface area contributed by atoms with E-state index in [2.05, 4.69) is 0 Å². The van der Waals surface area contributed by atoms with Crippen molar-refractivity contribution >= 4 is 5.97 Å². The van der Waals surface area contributed by atoms with Crippen LogP contribution in [0.3, 0.4) is 0 Å². The van der Waals surface area contributed by atoms with E-state index in [4.69, 9.17) is 15.3 Å². The third-order valence-corrected chi connectivity index (χ3v) is 1.44. The number of carboxylic acid groups (broad SMARTS) is 1. The van der Waals surface area contributed by atoms with Crippen LogP contribution in [0.1, 0.15) is 40.0 Å². The van der Waals surface area contributed by atoms with Gasteiger partial charge in [-0.2, -0.15) is 0 Å². The largest absolute Gasteiger partial charge is 0.481 e. The third-order valence-electron chi connectivity index (χ3n) is 1.44. The number of carbonyl (C=O) groups is 1. The molecule has 2 unspecified atom stereocenters. The first-order valence-corrected chi connectivity index (χ1v) is 4.53. The summed E-state index contributed by atoms with van der Waals surface area (Å²) in [5.41, 5.74) is 0. The zero-order chi connectivity index (χ0) is 10.9. The van der Waals surface area contributed by atoms with Gasteiger partial charge in [0.25, 0.3) is 0 Å². The molecule has 80 valence electrons. The molecule has 3 N–H and O–H groups in total. The molecule has 0 aromatic carbocycles. The summed E-state index contributed by atoms with van der Waals surface area (Å²) in [4.78, 5) is 9.37. The molecular formula is C9H20O4. The maximum Gasteiger partial charge on any atom is 0.303 e. The number of rotatable bonds is 4. The number of aliphatic carboxylic acids is 1. The highest BCUT2D eigenvalue weighted by Crippen LogP contribution is 1.99. The summed E-state index contributed by atoms with van der Waals surface area (Å²) in [6.45, 7) is 5.17. The number of carboxylic acids is 1. The lowest BCUT2D eigenvalue weighted by atomic mass is 10.1. The van der Waals surface area contributed by atoms with E-state index in [0.29, 0.717) is 6.42 Å². The second-order valence-corrected chi connectivity index (χ2v) is 2.84. The van der Waals surface area contributed by atoms with E-state index in [9.17, 15) is 4.79 Å². The molecule has 2 atom stereocenters. The minimum Gasteiger partial charge on any atom is -0.481 e. The van der Waals surface area contributed by atoms with Crippen LogP contribution in [-0.2, 0) is 4.79 Å². The molecule has 0 spiro atoms. The minimum atomic E-state index is -0.745. The number of aliphatic hydroxyl groups is 2. The van der Waals surface area contributed by atoms with E-state index in [1.165, 1.54) is 0 Å². The number of hydrogen-bond donors (Lipinski definition) is 3. The van der Waals surface area contributed by atoms with E-state index in [1.807, 2.05) is 6.92 Å². The standard InChI is InChI=1S/C6H14O2.C3H6O2/c1-3-4-6(8)5(2)7;1-2-3(4)5/h5-8H,3-4H2,1-2H3;2H2,1H3,(H,4,5). The van der Waals surface area contributed by atoms with Crippen LogP contribution in [0.15, 0.2) is 0 Å². The molecule has 0 fully saturated rings. The normalized spacial score (nSPS) is 13.9. The van der Waals surface area contributed by atoms with Crippen LogP contribution < -0.4 is 0 Å². The zero-order valence-corrected chi connectivity index (χ0v) is 8.53. The predicted octanol–water partition coefficient (Wildman–Crippen LogP) is 1.01. The highest BCUT2D eigenvalue weighted by atomic mass is 16.4. The van der Waals surface area contributed by atoms with Crippen LogP contribution in [0.25, 0.3) is 0 Å². The molecule has 0 aromatic heterocycles. The third kappa shape index (κ3) is 14.3. The summed E-state index contributed by atoms with van der Waals surface area (Å²) in [5, 5.41) is 25.3. The Bertz CT molecular complexity index is 123. The van der Waals surface area contributed by atoms with Crippen molar-refractivity contribution in [1.82, 2.24) is 0 Å². The lowest BCUT2D eigenvalue weighted by Gasteiger charge is -2.10. The Morgan fingerprint density at radius 3 is 1.77 bits per heavy atom. The van der Waals surface area contributed by atoms with Crippen LogP contribution >= 0.6 is 0 Å². The molecular weight excluding hydrogens is 172 g/mol. The van der Waals surface area contributed by atoms with Crippen molar-refractivity contribution in [3.05, 3.63) is 0 Å². The molecule has 0 radical (unpaired) electrons. The molecule has 0 aromatic rings. The van der Waals surface area contributed by atoms with E-state index < -0.39 is 18.2 Å². The fourth-order valence-corrected chi connectivity index (χ4v) is 0.537. The Kier molecular flexibility index (Phi) is 10.9. The SMILES string of the molecule is CCC(=O)O.CCCC(O)C(C)O. The summed E-state index contributed by atoms with van der Waals surface area (Å²) in [6, 6.07) is 0. The molecule has 0 aliphatic carbocycles. The fourth-order valence-electron chi connectivity index (χ4n) is 0.537. The lowest BCUT2D eigenvalue weighted by molar-refractivity contribution is -0.136. The summed E-state index contributed by atoms with van der Waals surface area (Å²) in [5.74, 6) is -0.745. The van der Waals surface area contributed by atoms with Gasteiger partial charge < -0.3 is 15.3 Å². The van der Waals surface area contributed by atoms with Crippen molar-refractivity contribution in [3.63, 3.8) is 0 Å². The van der Waals surface area contributed by atoms with Crippen LogP contribution in [0, 0.1) is 0 Å². The van der Waals surface area contributed by atoms with Crippen molar-refractivity contribution in [3.8, 4) is 0 Å². The molecule has 0 saturated carbocycles. The molecule has 4 heteroatoms. The maximum atomic E-state index is 9.37. The molecule has 0 heterocycles. The average molecular weight is 192 g/mol. The Hall–Kier alpha value is -0.610. The van der Waals surface area contributed by atoms with Gasteiger partial charge >= 0.3 is 5.97 Å². The average Bonchev–Trinajstić information content (AvgIpc) is 2.06. The van der Waals surface area contributed by atoms with Crippen LogP contribution in [0.2, 0.25) is 0 Å². The van der Waals surface area contributed by atoms with Gasteiger partial charge in [0.1, 0.15) is 0 Å². The number of aliphatic hydroxyl groups excluding tert-OH is 2. The quantitative estimate of drug-likeness (QED) is 0.621. The first kappa shape index (κ1) is 14.9. The first-order chi connectivity index (χ1) is 5.95. The molecule has 4 nitrogen and oxygen atoms in total. The first-order valence-electron chi connectivity index (χ1n) is 4.53. The summed E-state index contributed by atoms with van der Waals surface area (Å²) < 4.78 is 0. The zero-order valence-electron chi connectivity index (χ0n) is 8.53. The van der Waals surface area contributed by atoms with E-state index in [0.717, 1.165) is 6.42 Å². The Morgan fingerprint density at radius 1 is 1.31 bits per heavy atom. The summed E-state index contributed by atoms with van der Waals surface area (Å²) >= 11 is 0. The van der Waals surface area contributed by atoms with Gasteiger partial charge in [-0.25, -0.2) is 0 Å². The van der Waals surface area contributed by atoms with Crippen molar-refractivity contribution in [2.24, 2.45) is 0 Å². The fraction of sp³-hybridized carbons (Fsp3) is 0.889. The van der Waals surface area contributed by atoms with Crippen LogP contribution in [0.5, 0.6) is 0 Å². The predicted molar refractivity (Wildman–Crippen MR) is 50.5 cm³/mol. The molecule has 0 rings (SSSR count). The highest BCUT2D eigenvalue weighted by molar-refractivity contribution is 5.66. The van der Waals surface area contributed by atoms with Gasteiger partial charge in [-0.3, -0.25) is 4.79 Å². The smallest absolute Gasteiger partial charge is 0.303 e. The van der Waals surface area contributed by atoms with Gasteiger partial charge in [0, 0.05) is 6.42 Å². The summed E-state index contributed by atoms with van der Waals surface area (Å²) in [6.07, 6.45) is 0.735. The van der Waals surface area contributed by atoms with Crippen molar-refractivity contribution in [2.75, 3.05) is 0 Å². The minimum absolute atomic E-state index is 0.222. The lowest BCUT2D eigenvalue weighted by Crippen LogP contribution is -2.21. The van der Waals surface area contributed by atoms with E-state index >= 15 is 0 Å². The van der Waals surface area contributed by atoms with E-state index in [-0.39, 0.29) is 6.42 Å². The highest BCUT2D eigenvalue weighted by Gasteiger charge is 2.07.